The Labute approximate surface area is 120 Å². The number of halogens is 3. The van der Waals surface area contributed by atoms with E-state index in [1.165, 1.54) is 5.43 Å². The zero-order valence-electron chi connectivity index (χ0n) is 5.86. The molecule has 0 aliphatic heterocycles. The van der Waals surface area contributed by atoms with E-state index in [2.05, 4.69) is 24.8 Å². The van der Waals surface area contributed by atoms with Crippen molar-refractivity contribution in [2.24, 2.45) is 0 Å². The average Bonchev–Trinajstić information content (AvgIpc) is 1.80. The van der Waals surface area contributed by atoms with Gasteiger partial charge in [0.05, 0.1) is 0 Å². The molecule has 0 aliphatic carbocycles. The van der Waals surface area contributed by atoms with Crippen LogP contribution in [-0.2, 0) is 17.4 Å². The van der Waals surface area contributed by atoms with E-state index in [0.29, 0.717) is 0 Å². The number of alkyl halides is 3. The molecule has 0 fully saturated rings. The second kappa shape index (κ2) is 6.46. The molecule has 0 bridgehead atoms. The summed E-state index contributed by atoms with van der Waals surface area (Å²) in [5, 5.41) is 0. The molecule has 64 valence electrons. The number of carbonyl (C=O) groups is 1. The predicted molar refractivity (Wildman–Crippen MR) is 37.3 cm³/mol. The Bertz CT molecular complexity index is 185. The Morgan fingerprint density at radius 2 is 1.75 bits per heavy atom. The molecule has 0 atom stereocenters. The maximum atomic E-state index is 11.4. The SMILES string of the molecule is O=C(NNC(=S)[S-])C(F)(F)F.[K+]. The summed E-state index contributed by atoms with van der Waals surface area (Å²) in [7, 11) is 0. The van der Waals surface area contributed by atoms with Crippen molar-refractivity contribution in [3.05, 3.63) is 0 Å². The van der Waals surface area contributed by atoms with E-state index in [1.807, 2.05) is 0 Å². The van der Waals surface area contributed by atoms with Crippen molar-refractivity contribution in [1.82, 2.24) is 10.9 Å². The quantitative estimate of drug-likeness (QED) is 0.206. The largest absolute Gasteiger partial charge is 1.00 e. The summed E-state index contributed by atoms with van der Waals surface area (Å²) in [5.41, 5.74) is 2.94. The van der Waals surface area contributed by atoms with Crippen molar-refractivity contribution in [1.29, 1.82) is 0 Å². The van der Waals surface area contributed by atoms with Crippen LogP contribution in [-0.4, -0.2) is 16.4 Å². The van der Waals surface area contributed by atoms with Gasteiger partial charge in [-0.3, -0.25) is 10.2 Å². The van der Waals surface area contributed by atoms with Gasteiger partial charge >= 0.3 is 63.5 Å². The molecule has 0 heterocycles. The van der Waals surface area contributed by atoms with Gasteiger partial charge in [0.25, 0.3) is 0 Å². The maximum Gasteiger partial charge on any atom is 1.00 e. The van der Waals surface area contributed by atoms with E-state index < -0.39 is 12.1 Å². The second-order valence-corrected chi connectivity index (χ2v) is 2.44. The number of hydrogen-bond acceptors (Lipinski definition) is 3. The monoisotopic (exact) mass is 242 g/mol. The van der Waals surface area contributed by atoms with Crippen LogP contribution in [0.15, 0.2) is 0 Å². The minimum Gasteiger partial charge on any atom is -0.410 e. The molecule has 9 heteroatoms. The third kappa shape index (κ3) is 7.64. The van der Waals surface area contributed by atoms with Gasteiger partial charge in [0.1, 0.15) is 0 Å². The number of nitrogens with one attached hydrogen (secondary N) is 2. The standard InChI is InChI=1S/C3H3F3N2OS2.K/c4-3(5,6)1(9)7-8-2(10)11;/h(H,7,9)(H2,8,10,11);/q;+1/p-1. The van der Waals surface area contributed by atoms with E-state index in [9.17, 15) is 18.0 Å². The van der Waals surface area contributed by atoms with Gasteiger partial charge in [0.2, 0.25) is 0 Å². The molecule has 0 unspecified atom stereocenters. The number of rotatable bonds is 0. The average molecular weight is 242 g/mol. The van der Waals surface area contributed by atoms with Gasteiger partial charge in [-0.2, -0.15) is 13.2 Å². The van der Waals surface area contributed by atoms with Crippen LogP contribution in [0.4, 0.5) is 13.2 Å². The second-order valence-electron chi connectivity index (χ2n) is 1.36. The van der Waals surface area contributed by atoms with Crippen molar-refractivity contribution < 1.29 is 69.4 Å². The van der Waals surface area contributed by atoms with E-state index in [1.54, 1.807) is 5.43 Å². The van der Waals surface area contributed by atoms with Crippen molar-refractivity contribution >= 4 is 35.1 Å². The molecular formula is C3H2F3KN2OS2. The van der Waals surface area contributed by atoms with E-state index in [4.69, 9.17) is 0 Å². The third-order valence-electron chi connectivity index (χ3n) is 0.536. The molecule has 0 aromatic carbocycles. The summed E-state index contributed by atoms with van der Waals surface area (Å²) in [5.74, 6) is -2.13. The molecule has 12 heavy (non-hydrogen) atoms. The maximum absolute atomic E-state index is 11.4. The molecule has 0 spiro atoms. The first-order valence-corrected chi connectivity index (χ1v) is 3.00. The summed E-state index contributed by atoms with van der Waals surface area (Å²) < 4.78 is 33.8. The van der Waals surface area contributed by atoms with Gasteiger partial charge in [-0.25, -0.2) is 0 Å². The number of thiocarbonyl (C=S) groups is 1. The van der Waals surface area contributed by atoms with Crippen molar-refractivity contribution in [2.75, 3.05) is 0 Å². The molecule has 0 saturated carbocycles. The summed E-state index contributed by atoms with van der Waals surface area (Å²) in [6.07, 6.45) is -4.92. The van der Waals surface area contributed by atoms with Crippen LogP contribution in [0.3, 0.4) is 0 Å². The summed E-state index contributed by atoms with van der Waals surface area (Å²) in [4.78, 5) is 9.96. The molecule has 0 radical (unpaired) electrons. The zero-order valence-corrected chi connectivity index (χ0v) is 10.6. The number of hydrazine groups is 1. The third-order valence-corrected chi connectivity index (χ3v) is 0.740. The Morgan fingerprint density at radius 1 is 1.33 bits per heavy atom. The minimum absolute atomic E-state index is 0. The minimum atomic E-state index is -4.92. The molecule has 2 N–H and O–H groups in total. The molecule has 0 aromatic rings. The Kier molecular flexibility index (Phi) is 8.33. The molecule has 0 aliphatic rings. The van der Waals surface area contributed by atoms with Crippen molar-refractivity contribution in [2.45, 2.75) is 6.18 Å². The fraction of sp³-hybridized carbons (Fsp3) is 0.333. The number of amides is 1. The van der Waals surface area contributed by atoms with Gasteiger partial charge in [-0.1, -0.05) is 0 Å². The van der Waals surface area contributed by atoms with Crippen molar-refractivity contribution in [3.63, 3.8) is 0 Å². The molecular weight excluding hydrogens is 240 g/mol. The van der Waals surface area contributed by atoms with E-state index in [-0.39, 0.29) is 55.7 Å². The van der Waals surface area contributed by atoms with Gasteiger partial charge in [0.15, 0.2) is 0 Å². The zero-order chi connectivity index (χ0) is 9.07. The fourth-order valence-corrected chi connectivity index (χ4v) is 0.281. The van der Waals surface area contributed by atoms with Crippen LogP contribution >= 0.6 is 12.2 Å². The Morgan fingerprint density at radius 3 is 2.00 bits per heavy atom. The smallest absolute Gasteiger partial charge is 0.410 e. The summed E-state index contributed by atoms with van der Waals surface area (Å²) in [6, 6.07) is 0. The number of carbonyl (C=O) groups excluding carboxylic acids is 1. The van der Waals surface area contributed by atoms with Crippen LogP contribution < -0.4 is 62.2 Å². The van der Waals surface area contributed by atoms with Gasteiger partial charge in [-0.05, 0) is 4.32 Å². The topological polar surface area (TPSA) is 41.1 Å². The first kappa shape index (κ1) is 15.5. The van der Waals surface area contributed by atoms with Crippen LogP contribution in [0.25, 0.3) is 0 Å². The first-order valence-electron chi connectivity index (χ1n) is 2.18. The number of hydrogen-bond donors (Lipinski definition) is 2. The van der Waals surface area contributed by atoms with Crippen LogP contribution in [0.2, 0.25) is 0 Å². The van der Waals surface area contributed by atoms with Crippen LogP contribution in [0.5, 0.6) is 0 Å². The molecule has 0 saturated heterocycles. The van der Waals surface area contributed by atoms with Gasteiger partial charge < -0.3 is 30.3 Å². The Hall–Kier alpha value is 1.01. The van der Waals surface area contributed by atoms with Crippen molar-refractivity contribution in [3.8, 4) is 0 Å². The molecule has 1 amide bonds. The fourth-order valence-electron chi connectivity index (χ4n) is 0.179. The predicted octanol–water partition coefficient (Wildman–Crippen LogP) is -2.99. The Balaban J connectivity index is 0. The normalized spacial score (nSPS) is 9.58. The van der Waals surface area contributed by atoms with E-state index in [0.717, 1.165) is 0 Å². The van der Waals surface area contributed by atoms with Crippen LogP contribution in [0, 0.1) is 0 Å². The van der Waals surface area contributed by atoms with E-state index >= 15 is 0 Å². The molecule has 3 nitrogen and oxygen atoms in total. The van der Waals surface area contributed by atoms with Gasteiger partial charge in [-0.15, -0.1) is 0 Å². The summed E-state index contributed by atoms with van der Waals surface area (Å²) in [6.45, 7) is 0. The summed E-state index contributed by atoms with van der Waals surface area (Å²) >= 11 is 8.32. The van der Waals surface area contributed by atoms with Crippen LogP contribution in [0.1, 0.15) is 0 Å². The first-order chi connectivity index (χ1) is 4.84. The molecule has 0 aromatic heterocycles. The molecule has 0 rings (SSSR count). The van der Waals surface area contributed by atoms with Gasteiger partial charge in [0, 0.05) is 0 Å².